The van der Waals surface area contributed by atoms with Crippen molar-refractivity contribution >= 4 is 11.6 Å². The molecule has 28 heavy (non-hydrogen) atoms. The summed E-state index contributed by atoms with van der Waals surface area (Å²) in [6, 6.07) is 14.6. The maximum atomic E-state index is 12.5. The summed E-state index contributed by atoms with van der Waals surface area (Å²) in [7, 11) is 1.54. The van der Waals surface area contributed by atoms with Crippen molar-refractivity contribution in [1.82, 2.24) is 9.78 Å². The van der Waals surface area contributed by atoms with Gasteiger partial charge >= 0.3 is 0 Å². The summed E-state index contributed by atoms with van der Waals surface area (Å²) in [5.74, 6) is 0.208. The van der Waals surface area contributed by atoms with E-state index < -0.39 is 0 Å². The maximum Gasteiger partial charge on any atom is 0.267 e. The molecule has 6 heteroatoms. The molecule has 0 unspecified atom stereocenters. The summed E-state index contributed by atoms with van der Waals surface area (Å²) < 4.78 is 6.45. The first-order valence-corrected chi connectivity index (χ1v) is 8.97. The van der Waals surface area contributed by atoms with Crippen LogP contribution in [0.25, 0.3) is 11.3 Å². The number of aryl methyl sites for hydroxylation is 3. The molecule has 0 spiro atoms. The van der Waals surface area contributed by atoms with E-state index >= 15 is 0 Å². The summed E-state index contributed by atoms with van der Waals surface area (Å²) in [6.45, 7) is 5.76. The third kappa shape index (κ3) is 4.28. The summed E-state index contributed by atoms with van der Waals surface area (Å²) in [6.07, 6.45) is 0. The number of ether oxygens (including phenoxy) is 1. The molecule has 144 valence electrons. The van der Waals surface area contributed by atoms with Gasteiger partial charge in [-0.1, -0.05) is 29.8 Å². The molecule has 0 atom stereocenters. The fraction of sp³-hybridized carbons (Fsp3) is 0.227. The van der Waals surface area contributed by atoms with Crippen LogP contribution in [-0.2, 0) is 11.3 Å². The lowest BCUT2D eigenvalue weighted by atomic mass is 10.0. The van der Waals surface area contributed by atoms with E-state index in [9.17, 15) is 9.59 Å². The molecule has 0 aliphatic heterocycles. The van der Waals surface area contributed by atoms with E-state index in [0.717, 1.165) is 22.3 Å². The molecule has 0 saturated heterocycles. The highest BCUT2D eigenvalue weighted by Gasteiger charge is 2.12. The number of carbonyl (C=O) groups is 1. The Kier molecular flexibility index (Phi) is 5.59. The van der Waals surface area contributed by atoms with Crippen molar-refractivity contribution in [2.45, 2.75) is 27.3 Å². The first kappa shape index (κ1) is 19.4. The predicted molar refractivity (Wildman–Crippen MR) is 110 cm³/mol. The van der Waals surface area contributed by atoms with Crippen LogP contribution in [0.1, 0.15) is 16.7 Å². The van der Waals surface area contributed by atoms with E-state index in [0.29, 0.717) is 17.1 Å². The molecule has 2 aromatic carbocycles. The van der Waals surface area contributed by atoms with Gasteiger partial charge in [0, 0.05) is 11.6 Å². The Labute approximate surface area is 163 Å². The largest absolute Gasteiger partial charge is 0.495 e. The molecule has 0 radical (unpaired) electrons. The van der Waals surface area contributed by atoms with Crippen LogP contribution in [0.4, 0.5) is 5.69 Å². The SMILES string of the molecule is COc1ccc(C)cc1NC(=O)Cn1nc(-c2ccc(C)cc2C)ccc1=O. The molecule has 0 aliphatic rings. The smallest absolute Gasteiger partial charge is 0.267 e. The van der Waals surface area contributed by atoms with E-state index in [1.165, 1.54) is 10.7 Å². The minimum atomic E-state index is -0.351. The van der Waals surface area contributed by atoms with E-state index in [-0.39, 0.29) is 18.0 Å². The molecular weight excluding hydrogens is 354 g/mol. The van der Waals surface area contributed by atoms with Crippen LogP contribution in [0.15, 0.2) is 53.3 Å². The van der Waals surface area contributed by atoms with E-state index in [1.807, 2.05) is 45.0 Å². The summed E-state index contributed by atoms with van der Waals surface area (Å²) >= 11 is 0. The van der Waals surface area contributed by atoms with Gasteiger partial charge < -0.3 is 10.1 Å². The van der Waals surface area contributed by atoms with Gasteiger partial charge in [-0.2, -0.15) is 5.10 Å². The van der Waals surface area contributed by atoms with Crippen LogP contribution in [0.3, 0.4) is 0 Å². The summed E-state index contributed by atoms with van der Waals surface area (Å²) in [5.41, 5.74) is 5.01. The number of hydrogen-bond acceptors (Lipinski definition) is 4. The molecular formula is C22H23N3O3. The van der Waals surface area contributed by atoms with Gasteiger partial charge in [-0.3, -0.25) is 9.59 Å². The van der Waals surface area contributed by atoms with Crippen molar-refractivity contribution in [2.75, 3.05) is 12.4 Å². The number of nitrogens with one attached hydrogen (secondary N) is 1. The topological polar surface area (TPSA) is 73.2 Å². The molecule has 0 bridgehead atoms. The monoisotopic (exact) mass is 377 g/mol. The molecule has 1 heterocycles. The number of carbonyl (C=O) groups excluding carboxylic acids is 1. The zero-order valence-corrected chi connectivity index (χ0v) is 16.4. The second-order valence-electron chi connectivity index (χ2n) is 6.78. The number of benzene rings is 2. The Bertz CT molecular complexity index is 1090. The second-order valence-corrected chi connectivity index (χ2v) is 6.78. The maximum absolute atomic E-state index is 12.5. The van der Waals surface area contributed by atoms with Crippen molar-refractivity contribution < 1.29 is 9.53 Å². The average Bonchev–Trinajstić information content (AvgIpc) is 2.64. The van der Waals surface area contributed by atoms with Crippen LogP contribution in [0.5, 0.6) is 5.75 Å². The van der Waals surface area contributed by atoms with Crippen LogP contribution in [0.2, 0.25) is 0 Å². The van der Waals surface area contributed by atoms with Gasteiger partial charge in [0.25, 0.3) is 5.56 Å². The number of nitrogens with zero attached hydrogens (tertiary/aromatic N) is 2. The lowest BCUT2D eigenvalue weighted by molar-refractivity contribution is -0.117. The van der Waals surface area contributed by atoms with E-state index in [1.54, 1.807) is 19.2 Å². The van der Waals surface area contributed by atoms with Gasteiger partial charge in [-0.05, 0) is 50.1 Å². The highest BCUT2D eigenvalue weighted by atomic mass is 16.5. The second kappa shape index (κ2) is 8.08. The Hall–Kier alpha value is -3.41. The van der Waals surface area contributed by atoms with Crippen LogP contribution in [0, 0.1) is 20.8 Å². The average molecular weight is 377 g/mol. The molecule has 6 nitrogen and oxygen atoms in total. The van der Waals surface area contributed by atoms with Gasteiger partial charge in [0.2, 0.25) is 5.91 Å². The van der Waals surface area contributed by atoms with E-state index in [4.69, 9.17) is 4.74 Å². The first-order chi connectivity index (χ1) is 13.4. The van der Waals surface area contributed by atoms with Crippen molar-refractivity contribution in [3.8, 4) is 17.0 Å². The number of anilines is 1. The normalized spacial score (nSPS) is 10.6. The Morgan fingerprint density at radius 2 is 1.75 bits per heavy atom. The standard InChI is InChI=1S/C22H23N3O3/c1-14-5-7-17(16(3)11-14)18-8-10-22(27)25(24-18)13-21(26)23-19-12-15(2)6-9-20(19)28-4/h5-12H,13H2,1-4H3,(H,23,26). The quantitative estimate of drug-likeness (QED) is 0.739. The zero-order valence-electron chi connectivity index (χ0n) is 16.4. The lowest BCUT2D eigenvalue weighted by Gasteiger charge is -2.12. The van der Waals surface area contributed by atoms with E-state index in [2.05, 4.69) is 16.5 Å². The molecule has 0 saturated carbocycles. The van der Waals surface area contributed by atoms with Gasteiger partial charge in [-0.25, -0.2) is 4.68 Å². The lowest BCUT2D eigenvalue weighted by Crippen LogP contribution is -2.29. The van der Waals surface area contributed by atoms with Gasteiger partial charge in [0.15, 0.2) is 0 Å². The number of hydrogen-bond donors (Lipinski definition) is 1. The van der Waals surface area contributed by atoms with Crippen molar-refractivity contribution in [1.29, 1.82) is 0 Å². The van der Waals surface area contributed by atoms with Gasteiger partial charge in [0.1, 0.15) is 12.3 Å². The molecule has 1 amide bonds. The molecule has 1 N–H and O–H groups in total. The molecule has 3 rings (SSSR count). The van der Waals surface area contributed by atoms with Crippen molar-refractivity contribution in [3.63, 3.8) is 0 Å². The van der Waals surface area contributed by atoms with Crippen molar-refractivity contribution in [3.05, 3.63) is 75.6 Å². The minimum Gasteiger partial charge on any atom is -0.495 e. The highest BCUT2D eigenvalue weighted by molar-refractivity contribution is 5.92. The van der Waals surface area contributed by atoms with Crippen LogP contribution in [-0.4, -0.2) is 22.8 Å². The number of methoxy groups -OCH3 is 1. The third-order valence-electron chi connectivity index (χ3n) is 4.45. The number of amides is 1. The fourth-order valence-electron chi connectivity index (χ4n) is 3.05. The van der Waals surface area contributed by atoms with Gasteiger partial charge in [-0.15, -0.1) is 0 Å². The third-order valence-corrected chi connectivity index (χ3v) is 4.45. The molecule has 0 fully saturated rings. The fourth-order valence-corrected chi connectivity index (χ4v) is 3.05. The van der Waals surface area contributed by atoms with Crippen LogP contribution >= 0.6 is 0 Å². The Balaban J connectivity index is 1.85. The van der Waals surface area contributed by atoms with Crippen LogP contribution < -0.4 is 15.6 Å². The highest BCUT2D eigenvalue weighted by Crippen LogP contribution is 2.25. The Morgan fingerprint density at radius 3 is 2.46 bits per heavy atom. The number of rotatable bonds is 5. The Morgan fingerprint density at radius 1 is 1.04 bits per heavy atom. The van der Waals surface area contributed by atoms with Crippen molar-refractivity contribution in [2.24, 2.45) is 0 Å². The zero-order chi connectivity index (χ0) is 20.3. The predicted octanol–water partition coefficient (Wildman–Crippen LogP) is 3.48. The number of aromatic nitrogens is 2. The summed E-state index contributed by atoms with van der Waals surface area (Å²) in [4.78, 5) is 24.7. The molecule has 0 aliphatic carbocycles. The molecule has 1 aromatic heterocycles. The minimum absolute atomic E-state index is 0.186. The first-order valence-electron chi connectivity index (χ1n) is 8.97. The molecule has 3 aromatic rings. The summed E-state index contributed by atoms with van der Waals surface area (Å²) in [5, 5.41) is 7.18. The van der Waals surface area contributed by atoms with Gasteiger partial charge in [0.05, 0.1) is 18.5 Å².